The van der Waals surface area contributed by atoms with Crippen LogP contribution in [-0.2, 0) is 0 Å². The first-order valence-electron chi connectivity index (χ1n) is 13.0. The van der Waals surface area contributed by atoms with E-state index in [1.165, 1.54) is 19.3 Å². The zero-order valence-electron chi connectivity index (χ0n) is 20.9. The molecule has 4 aromatic rings. The van der Waals surface area contributed by atoms with Crippen LogP contribution in [0.2, 0.25) is 0 Å². The van der Waals surface area contributed by atoms with E-state index < -0.39 is 0 Å². The smallest absolute Gasteiger partial charge is 0.254 e. The summed E-state index contributed by atoms with van der Waals surface area (Å²) < 4.78 is 7.44. The standard InChI is InChI=1S/C28H32N6O2/c1-19-18-32(16-17-33(19)27(35)21-12-14-22(36-2)15-13-21)28-29-24-11-7-6-10-23(24)26-31-30-25(34(26)28)20-8-4-3-5-9-20/h6-7,10-15,19-20H,3-5,8-9,16-18H2,1-2H3/t19-/m0/s1. The monoisotopic (exact) mass is 484 g/mol. The van der Waals surface area contributed by atoms with Gasteiger partial charge in [-0.3, -0.25) is 4.79 Å². The molecule has 6 rings (SSSR count). The Morgan fingerprint density at radius 1 is 0.972 bits per heavy atom. The minimum Gasteiger partial charge on any atom is -0.497 e. The lowest BCUT2D eigenvalue weighted by atomic mass is 9.89. The molecular formula is C28H32N6O2. The lowest BCUT2D eigenvalue weighted by Crippen LogP contribution is -2.54. The molecule has 36 heavy (non-hydrogen) atoms. The molecule has 3 heterocycles. The van der Waals surface area contributed by atoms with Crippen LogP contribution in [-0.4, -0.2) is 63.2 Å². The van der Waals surface area contributed by atoms with Crippen LogP contribution in [0.4, 0.5) is 5.95 Å². The average Bonchev–Trinajstić information content (AvgIpc) is 3.38. The van der Waals surface area contributed by atoms with Crippen molar-refractivity contribution in [1.82, 2.24) is 24.5 Å². The molecule has 2 aromatic carbocycles. The van der Waals surface area contributed by atoms with Crippen molar-refractivity contribution in [3.05, 3.63) is 59.9 Å². The number of para-hydroxylation sites is 1. The highest BCUT2D eigenvalue weighted by Gasteiger charge is 2.32. The number of carbonyl (C=O) groups excluding carboxylic acids is 1. The van der Waals surface area contributed by atoms with Crippen molar-refractivity contribution in [2.75, 3.05) is 31.6 Å². The van der Waals surface area contributed by atoms with Gasteiger partial charge in [-0.25, -0.2) is 9.38 Å². The second kappa shape index (κ2) is 9.41. The number of anilines is 1. The van der Waals surface area contributed by atoms with Crippen LogP contribution in [0.25, 0.3) is 16.6 Å². The van der Waals surface area contributed by atoms with Gasteiger partial charge in [0.05, 0.1) is 12.6 Å². The molecule has 1 aliphatic carbocycles. The third-order valence-corrected chi connectivity index (χ3v) is 7.73. The van der Waals surface area contributed by atoms with Crippen LogP contribution in [0.5, 0.6) is 5.75 Å². The van der Waals surface area contributed by atoms with Crippen molar-refractivity contribution in [3.63, 3.8) is 0 Å². The predicted molar refractivity (Wildman–Crippen MR) is 140 cm³/mol. The molecule has 186 valence electrons. The van der Waals surface area contributed by atoms with Gasteiger partial charge < -0.3 is 14.5 Å². The number of amides is 1. The third-order valence-electron chi connectivity index (χ3n) is 7.73. The summed E-state index contributed by atoms with van der Waals surface area (Å²) in [5, 5.41) is 10.4. The minimum atomic E-state index is 0.0336. The van der Waals surface area contributed by atoms with E-state index in [0.29, 0.717) is 31.1 Å². The van der Waals surface area contributed by atoms with Gasteiger partial charge in [0.25, 0.3) is 5.91 Å². The molecule has 1 aliphatic heterocycles. The molecule has 2 aliphatic rings. The van der Waals surface area contributed by atoms with Gasteiger partial charge in [-0.05, 0) is 56.2 Å². The number of piperazine rings is 1. The van der Waals surface area contributed by atoms with Gasteiger partial charge in [0.2, 0.25) is 5.95 Å². The Kier molecular flexibility index (Phi) is 5.95. The van der Waals surface area contributed by atoms with Crippen molar-refractivity contribution in [2.45, 2.75) is 51.0 Å². The van der Waals surface area contributed by atoms with Crippen molar-refractivity contribution in [3.8, 4) is 5.75 Å². The molecule has 0 radical (unpaired) electrons. The molecule has 0 unspecified atom stereocenters. The average molecular weight is 485 g/mol. The number of hydrogen-bond acceptors (Lipinski definition) is 6. The van der Waals surface area contributed by atoms with Crippen LogP contribution in [0.3, 0.4) is 0 Å². The summed E-state index contributed by atoms with van der Waals surface area (Å²) in [6, 6.07) is 15.5. The highest BCUT2D eigenvalue weighted by Crippen LogP contribution is 2.35. The lowest BCUT2D eigenvalue weighted by Gasteiger charge is -2.40. The predicted octanol–water partition coefficient (Wildman–Crippen LogP) is 4.68. The van der Waals surface area contributed by atoms with Crippen LogP contribution in [0.15, 0.2) is 48.5 Å². The Morgan fingerprint density at radius 2 is 1.75 bits per heavy atom. The number of rotatable bonds is 4. The first-order chi connectivity index (χ1) is 17.6. The van der Waals surface area contributed by atoms with Crippen LogP contribution in [0, 0.1) is 0 Å². The van der Waals surface area contributed by atoms with Gasteiger partial charge in [0.15, 0.2) is 5.65 Å². The summed E-state index contributed by atoms with van der Waals surface area (Å²) in [6.45, 7) is 4.14. The van der Waals surface area contributed by atoms with Crippen LogP contribution in [0.1, 0.15) is 61.1 Å². The number of ether oxygens (including phenoxy) is 1. The second-order valence-corrected chi connectivity index (χ2v) is 10.0. The van der Waals surface area contributed by atoms with Gasteiger partial charge in [0.1, 0.15) is 11.6 Å². The third kappa shape index (κ3) is 3.94. The number of methoxy groups -OCH3 is 1. The maximum absolute atomic E-state index is 13.3. The van der Waals surface area contributed by atoms with Gasteiger partial charge in [0, 0.05) is 42.5 Å². The first kappa shape index (κ1) is 22.8. The van der Waals surface area contributed by atoms with Gasteiger partial charge in [-0.1, -0.05) is 31.4 Å². The maximum atomic E-state index is 13.3. The lowest BCUT2D eigenvalue weighted by molar-refractivity contribution is 0.0673. The Balaban J connectivity index is 1.34. The molecule has 1 atom stereocenters. The Morgan fingerprint density at radius 3 is 2.50 bits per heavy atom. The van der Waals surface area contributed by atoms with Gasteiger partial charge >= 0.3 is 0 Å². The number of carbonyl (C=O) groups is 1. The topological polar surface area (TPSA) is 75.9 Å². The molecule has 0 bridgehead atoms. The summed E-state index contributed by atoms with van der Waals surface area (Å²) in [4.78, 5) is 22.7. The molecule has 1 saturated heterocycles. The number of aromatic nitrogens is 4. The SMILES string of the molecule is COc1ccc(C(=O)N2CCN(c3nc4ccccc4c4nnc(C5CCCCC5)n34)C[C@@H]2C)cc1. The number of nitrogens with zero attached hydrogens (tertiary/aromatic N) is 6. The van der Waals surface area contributed by atoms with E-state index in [0.717, 1.165) is 46.9 Å². The van der Waals surface area contributed by atoms with Gasteiger partial charge in [-0.15, -0.1) is 10.2 Å². The zero-order chi connectivity index (χ0) is 24.6. The Bertz CT molecular complexity index is 1390. The molecule has 1 amide bonds. The molecule has 0 N–H and O–H groups in total. The fourth-order valence-electron chi connectivity index (χ4n) is 5.76. The van der Waals surface area contributed by atoms with Crippen molar-refractivity contribution < 1.29 is 9.53 Å². The zero-order valence-corrected chi connectivity index (χ0v) is 20.9. The summed E-state index contributed by atoms with van der Waals surface area (Å²) in [7, 11) is 1.63. The number of hydrogen-bond donors (Lipinski definition) is 0. The van der Waals surface area contributed by atoms with E-state index in [2.05, 4.69) is 27.4 Å². The first-order valence-corrected chi connectivity index (χ1v) is 13.0. The molecule has 8 nitrogen and oxygen atoms in total. The molecule has 0 spiro atoms. The molecule has 2 fully saturated rings. The molecule has 8 heteroatoms. The van der Waals surface area contributed by atoms with Gasteiger partial charge in [-0.2, -0.15) is 0 Å². The van der Waals surface area contributed by atoms with Crippen LogP contribution < -0.4 is 9.64 Å². The minimum absolute atomic E-state index is 0.0336. The quantitative estimate of drug-likeness (QED) is 0.419. The normalized spacial score (nSPS) is 19.2. The summed E-state index contributed by atoms with van der Waals surface area (Å²) in [5.41, 5.74) is 2.48. The second-order valence-electron chi connectivity index (χ2n) is 10.0. The van der Waals surface area contributed by atoms with Crippen molar-refractivity contribution in [1.29, 1.82) is 0 Å². The highest BCUT2D eigenvalue weighted by atomic mass is 16.5. The fourth-order valence-corrected chi connectivity index (χ4v) is 5.76. The number of benzene rings is 2. The van der Waals surface area contributed by atoms with E-state index in [9.17, 15) is 4.79 Å². The van der Waals surface area contributed by atoms with E-state index in [4.69, 9.17) is 14.8 Å². The van der Waals surface area contributed by atoms with E-state index in [1.807, 2.05) is 47.4 Å². The van der Waals surface area contributed by atoms with Crippen molar-refractivity contribution in [2.24, 2.45) is 0 Å². The highest BCUT2D eigenvalue weighted by molar-refractivity contribution is 5.95. The Hall–Kier alpha value is -3.68. The molecular weight excluding hydrogens is 452 g/mol. The summed E-state index contributed by atoms with van der Waals surface area (Å²) in [6.07, 6.45) is 6.06. The fraction of sp³-hybridized carbons (Fsp3) is 0.429. The van der Waals surface area contributed by atoms with Crippen molar-refractivity contribution >= 4 is 28.4 Å². The Labute approximate surface area is 210 Å². The number of fused-ring (bicyclic) bond motifs is 3. The van der Waals surface area contributed by atoms with E-state index >= 15 is 0 Å². The molecule has 2 aromatic heterocycles. The maximum Gasteiger partial charge on any atom is 0.254 e. The van der Waals surface area contributed by atoms with Crippen LogP contribution >= 0.6 is 0 Å². The summed E-state index contributed by atoms with van der Waals surface area (Å²) in [5.74, 6) is 3.12. The largest absolute Gasteiger partial charge is 0.497 e. The summed E-state index contributed by atoms with van der Waals surface area (Å²) >= 11 is 0. The molecule has 1 saturated carbocycles. The van der Waals surface area contributed by atoms with E-state index in [-0.39, 0.29) is 11.9 Å². The van der Waals surface area contributed by atoms with E-state index in [1.54, 1.807) is 7.11 Å².